The highest BCUT2D eigenvalue weighted by Crippen LogP contribution is 2.38. The van der Waals surface area contributed by atoms with Gasteiger partial charge in [-0.05, 0) is 0 Å². The van der Waals surface area contributed by atoms with Gasteiger partial charge in [-0.3, -0.25) is 0 Å². The summed E-state index contributed by atoms with van der Waals surface area (Å²) in [6, 6.07) is 15.1. The van der Waals surface area contributed by atoms with Gasteiger partial charge in [-0.15, -0.1) is 0 Å². The van der Waals surface area contributed by atoms with Crippen LogP contribution in [0.3, 0.4) is 0 Å². The van der Waals surface area contributed by atoms with E-state index in [4.69, 9.17) is 14.2 Å². The molecule has 3 aromatic carbocycles. The summed E-state index contributed by atoms with van der Waals surface area (Å²) in [5.41, 5.74) is 0.479. The van der Waals surface area contributed by atoms with Crippen molar-refractivity contribution < 1.29 is 24.1 Å². The van der Waals surface area contributed by atoms with E-state index in [1.54, 1.807) is 7.11 Å². The zero-order valence-electron chi connectivity index (χ0n) is 13.1. The Morgan fingerprint density at radius 2 is 1.54 bits per heavy atom. The number of esters is 1. The molecule has 1 aliphatic heterocycles. The molecule has 5 nitrogen and oxygen atoms in total. The lowest BCUT2D eigenvalue weighted by Crippen LogP contribution is -2.40. The predicted octanol–water partition coefficient (Wildman–Crippen LogP) is 3.22. The number of ether oxygens (including phenoxy) is 3. The van der Waals surface area contributed by atoms with Crippen LogP contribution in [0.1, 0.15) is 16.8 Å². The van der Waals surface area contributed by atoms with Crippen LogP contribution < -0.4 is 4.74 Å². The summed E-state index contributed by atoms with van der Waals surface area (Å²) < 4.78 is 16.0. The number of aliphatic hydroxyl groups is 1. The summed E-state index contributed by atoms with van der Waals surface area (Å²) in [7, 11) is 1.62. The Kier molecular flexibility index (Phi) is 3.59. The van der Waals surface area contributed by atoms with E-state index in [-0.39, 0.29) is 6.42 Å². The van der Waals surface area contributed by atoms with E-state index < -0.39 is 18.5 Å². The van der Waals surface area contributed by atoms with Crippen molar-refractivity contribution in [2.45, 2.75) is 19.0 Å². The molecule has 122 valence electrons. The summed E-state index contributed by atoms with van der Waals surface area (Å²) in [6.07, 6.45) is -1.27. The van der Waals surface area contributed by atoms with Gasteiger partial charge >= 0.3 is 5.97 Å². The monoisotopic (exact) mass is 324 g/mol. The number of carbonyl (C=O) groups excluding carboxylic acids is 1. The molecule has 0 aliphatic carbocycles. The Morgan fingerprint density at radius 3 is 2.00 bits per heavy atom. The number of carbonyl (C=O) groups is 1. The number of hydrogen-bond donors (Lipinski definition) is 1. The molecule has 1 saturated heterocycles. The first-order chi connectivity index (χ1) is 11.7. The first kappa shape index (κ1) is 14.9. The highest BCUT2D eigenvalue weighted by molar-refractivity contribution is 6.19. The van der Waals surface area contributed by atoms with Crippen molar-refractivity contribution in [3.63, 3.8) is 0 Å². The fourth-order valence-corrected chi connectivity index (χ4v) is 3.11. The third kappa shape index (κ3) is 2.29. The number of fused-ring (bicyclic) bond motifs is 2. The van der Waals surface area contributed by atoms with Gasteiger partial charge in [0.05, 0.1) is 19.1 Å². The molecule has 2 unspecified atom stereocenters. The summed E-state index contributed by atoms with van der Waals surface area (Å²) in [5, 5.41) is 12.4. The third-order valence-corrected chi connectivity index (χ3v) is 4.23. The Bertz CT molecular complexity index is 871. The second-order valence-electron chi connectivity index (χ2n) is 5.66. The van der Waals surface area contributed by atoms with Gasteiger partial charge in [0.25, 0.3) is 0 Å². The summed E-state index contributed by atoms with van der Waals surface area (Å²) in [5.74, 6) is 0.259. The maximum Gasteiger partial charge on any atom is 0.341 e. The highest BCUT2D eigenvalue weighted by Gasteiger charge is 2.32. The van der Waals surface area contributed by atoms with E-state index in [2.05, 4.69) is 0 Å². The molecule has 0 aromatic heterocycles. The SMILES string of the molecule is COc1c2ccccc2c(C(=O)OC2CC(O)O2)c2ccccc12. The van der Waals surface area contributed by atoms with Crippen molar-refractivity contribution in [3.05, 3.63) is 54.1 Å². The maximum atomic E-state index is 12.8. The van der Waals surface area contributed by atoms with E-state index in [1.165, 1.54) is 0 Å². The minimum atomic E-state index is -0.854. The Balaban J connectivity index is 1.93. The minimum absolute atomic E-state index is 0.289. The predicted molar refractivity (Wildman–Crippen MR) is 88.9 cm³/mol. The van der Waals surface area contributed by atoms with Gasteiger partial charge < -0.3 is 19.3 Å². The second-order valence-corrected chi connectivity index (χ2v) is 5.66. The molecule has 24 heavy (non-hydrogen) atoms. The standard InChI is InChI=1S/C19H16O5/c1-22-18-13-8-4-2-6-11(13)17(12-7-3-5-9-14(12)18)19(21)24-16-10-15(20)23-16/h2-9,15-16,20H,10H2,1H3. The lowest BCUT2D eigenvalue weighted by Gasteiger charge is -2.31. The van der Waals surface area contributed by atoms with Crippen molar-refractivity contribution in [3.8, 4) is 5.75 Å². The molecule has 1 heterocycles. The van der Waals surface area contributed by atoms with Gasteiger partial charge in [0.2, 0.25) is 6.29 Å². The highest BCUT2D eigenvalue weighted by atomic mass is 16.8. The first-order valence-electron chi connectivity index (χ1n) is 7.71. The molecule has 1 N–H and O–H groups in total. The van der Waals surface area contributed by atoms with Crippen molar-refractivity contribution in [2.75, 3.05) is 7.11 Å². The molecule has 3 aromatic rings. The van der Waals surface area contributed by atoms with Crippen LogP contribution in [0.25, 0.3) is 21.5 Å². The Morgan fingerprint density at radius 1 is 1.04 bits per heavy atom. The Hall–Kier alpha value is -2.63. The average molecular weight is 324 g/mol. The maximum absolute atomic E-state index is 12.8. The lowest BCUT2D eigenvalue weighted by atomic mass is 9.95. The van der Waals surface area contributed by atoms with Crippen molar-refractivity contribution in [1.29, 1.82) is 0 Å². The fourth-order valence-electron chi connectivity index (χ4n) is 3.11. The molecule has 0 amide bonds. The zero-order valence-corrected chi connectivity index (χ0v) is 13.1. The molecule has 1 fully saturated rings. The summed E-state index contributed by atoms with van der Waals surface area (Å²) >= 11 is 0. The van der Waals surface area contributed by atoms with Crippen molar-refractivity contribution in [2.24, 2.45) is 0 Å². The topological polar surface area (TPSA) is 65.0 Å². The molecule has 4 rings (SSSR count). The van der Waals surface area contributed by atoms with Gasteiger partial charge in [0, 0.05) is 21.5 Å². The second kappa shape index (κ2) is 5.78. The van der Waals surface area contributed by atoms with E-state index >= 15 is 0 Å². The quantitative estimate of drug-likeness (QED) is 0.592. The molecular weight excluding hydrogens is 308 g/mol. The first-order valence-corrected chi connectivity index (χ1v) is 7.71. The number of aliphatic hydroxyl groups excluding tert-OH is 1. The van der Waals surface area contributed by atoms with Crippen LogP contribution >= 0.6 is 0 Å². The van der Waals surface area contributed by atoms with Crippen molar-refractivity contribution in [1.82, 2.24) is 0 Å². The normalized spacial score (nSPS) is 19.9. The average Bonchev–Trinajstić information content (AvgIpc) is 2.58. The van der Waals surface area contributed by atoms with Gasteiger partial charge in [-0.1, -0.05) is 48.5 Å². The number of benzene rings is 3. The van der Waals surface area contributed by atoms with E-state index in [0.717, 1.165) is 27.3 Å². The smallest absolute Gasteiger partial charge is 0.341 e. The largest absolute Gasteiger partial charge is 0.495 e. The van der Waals surface area contributed by atoms with Gasteiger partial charge in [-0.2, -0.15) is 0 Å². The molecule has 0 radical (unpaired) electrons. The van der Waals surface area contributed by atoms with Gasteiger partial charge in [0.15, 0.2) is 6.29 Å². The van der Waals surface area contributed by atoms with Crippen molar-refractivity contribution >= 4 is 27.5 Å². The zero-order chi connectivity index (χ0) is 16.7. The molecule has 5 heteroatoms. The van der Waals surface area contributed by atoms with Gasteiger partial charge in [0.1, 0.15) is 5.75 Å². The lowest BCUT2D eigenvalue weighted by molar-refractivity contribution is -0.302. The number of methoxy groups -OCH3 is 1. The molecule has 1 aliphatic rings. The van der Waals surface area contributed by atoms with E-state index in [9.17, 15) is 9.90 Å². The van der Waals surface area contributed by atoms with Crippen LogP contribution in [0.15, 0.2) is 48.5 Å². The molecular formula is C19H16O5. The van der Waals surface area contributed by atoms with Crippen LogP contribution in [-0.2, 0) is 9.47 Å². The molecule has 2 atom stereocenters. The summed E-state index contributed by atoms with van der Waals surface area (Å²) in [4.78, 5) is 12.8. The fraction of sp³-hybridized carbons (Fsp3) is 0.211. The molecule has 0 spiro atoms. The van der Waals surface area contributed by atoms with Crippen LogP contribution in [-0.4, -0.2) is 30.8 Å². The van der Waals surface area contributed by atoms with Crippen LogP contribution in [0.4, 0.5) is 0 Å². The van der Waals surface area contributed by atoms with Crippen LogP contribution in [0.2, 0.25) is 0 Å². The molecule has 0 saturated carbocycles. The van der Waals surface area contributed by atoms with Crippen LogP contribution in [0.5, 0.6) is 5.75 Å². The molecule has 0 bridgehead atoms. The van der Waals surface area contributed by atoms with Gasteiger partial charge in [-0.25, -0.2) is 4.79 Å². The number of hydrogen-bond acceptors (Lipinski definition) is 5. The summed E-state index contributed by atoms with van der Waals surface area (Å²) in [6.45, 7) is 0. The van der Waals surface area contributed by atoms with Crippen LogP contribution in [0, 0.1) is 0 Å². The van der Waals surface area contributed by atoms with E-state index in [0.29, 0.717) is 5.56 Å². The third-order valence-electron chi connectivity index (χ3n) is 4.23. The van der Waals surface area contributed by atoms with E-state index in [1.807, 2.05) is 48.5 Å². The Labute approximate surface area is 138 Å². The minimum Gasteiger partial charge on any atom is -0.495 e. The number of rotatable bonds is 3.